The van der Waals surface area contributed by atoms with E-state index in [2.05, 4.69) is 10.1 Å². The van der Waals surface area contributed by atoms with Gasteiger partial charge in [-0.2, -0.15) is 17.6 Å². The molecule has 130 valence electrons. The quantitative estimate of drug-likeness (QED) is 0.823. The van der Waals surface area contributed by atoms with Crippen LogP contribution >= 0.6 is 12.4 Å². The van der Waals surface area contributed by atoms with Crippen molar-refractivity contribution in [2.45, 2.75) is 32.4 Å². The summed E-state index contributed by atoms with van der Waals surface area (Å²) in [5, 5.41) is 2.50. The predicted molar refractivity (Wildman–Crippen MR) is 76.3 cm³/mol. The average molecular weight is 358 g/mol. The zero-order chi connectivity index (χ0) is 16.5. The summed E-state index contributed by atoms with van der Waals surface area (Å²) < 4.78 is 60.0. The van der Waals surface area contributed by atoms with Crippen molar-refractivity contribution in [2.75, 3.05) is 6.61 Å². The Morgan fingerprint density at radius 1 is 1.35 bits per heavy atom. The van der Waals surface area contributed by atoms with Crippen molar-refractivity contribution in [3.8, 4) is 5.75 Å². The summed E-state index contributed by atoms with van der Waals surface area (Å²) in [6.07, 6.45) is -9.28. The van der Waals surface area contributed by atoms with Gasteiger partial charge >= 0.3 is 18.6 Å². The summed E-state index contributed by atoms with van der Waals surface area (Å²) in [7, 11) is 0. The number of benzene rings is 1. The highest BCUT2D eigenvalue weighted by atomic mass is 35.5. The van der Waals surface area contributed by atoms with Crippen LogP contribution in [0.15, 0.2) is 24.3 Å². The fraction of sp³-hybridized carbons (Fsp3) is 0.500. The number of hydrogen-bond acceptors (Lipinski definition) is 3. The van der Waals surface area contributed by atoms with Crippen LogP contribution in [0, 0.1) is 5.41 Å². The molecule has 0 unspecified atom stereocenters. The van der Waals surface area contributed by atoms with Gasteiger partial charge in [-0.3, -0.25) is 0 Å². The van der Waals surface area contributed by atoms with E-state index in [0.717, 1.165) is 6.07 Å². The molecule has 1 saturated heterocycles. The van der Waals surface area contributed by atoms with Crippen LogP contribution in [0.1, 0.15) is 25.5 Å². The molecule has 0 spiro atoms. The van der Waals surface area contributed by atoms with Crippen molar-refractivity contribution >= 4 is 18.5 Å². The summed E-state index contributed by atoms with van der Waals surface area (Å²) in [5.74, 6) is -0.409. The molecule has 0 saturated carbocycles. The Bertz CT molecular complexity index is 569. The zero-order valence-electron chi connectivity index (χ0n) is 12.3. The number of para-hydroxylation sites is 1. The van der Waals surface area contributed by atoms with Crippen LogP contribution in [-0.4, -0.2) is 25.2 Å². The molecule has 9 heteroatoms. The van der Waals surface area contributed by atoms with E-state index in [1.54, 1.807) is 19.9 Å². The Labute approximate surface area is 136 Å². The summed E-state index contributed by atoms with van der Waals surface area (Å²) in [6, 6.07) is 4.81. The van der Waals surface area contributed by atoms with Crippen LogP contribution in [-0.2, 0) is 4.74 Å². The third kappa shape index (κ3) is 4.19. The Balaban J connectivity index is 0.00000264. The number of rotatable bonds is 4. The zero-order valence-corrected chi connectivity index (χ0v) is 13.1. The van der Waals surface area contributed by atoms with Crippen molar-refractivity contribution in [1.29, 1.82) is 0 Å². The largest absolute Gasteiger partial charge is 0.461 e. The van der Waals surface area contributed by atoms with E-state index in [9.17, 15) is 22.4 Å². The van der Waals surface area contributed by atoms with Gasteiger partial charge in [-0.25, -0.2) is 4.79 Å². The number of alkyl carbamates (subject to hydrolysis) is 1. The van der Waals surface area contributed by atoms with Crippen molar-refractivity contribution in [3.63, 3.8) is 0 Å². The monoisotopic (exact) mass is 357 g/mol. The van der Waals surface area contributed by atoms with Crippen LogP contribution in [0.2, 0.25) is 0 Å². The summed E-state index contributed by atoms with van der Waals surface area (Å²) >= 11 is 0. The summed E-state index contributed by atoms with van der Waals surface area (Å²) in [6.45, 7) is 3.56. The number of amides is 1. The SMILES string of the molecule is CC1(C)COC(=O)N[C@H]1c1ccccc1OC(F)(F)C(F)F.Cl. The van der Waals surface area contributed by atoms with Gasteiger partial charge in [0.25, 0.3) is 0 Å². The van der Waals surface area contributed by atoms with Gasteiger partial charge in [0, 0.05) is 11.0 Å². The molecule has 1 fully saturated rings. The number of alkyl halides is 4. The third-order valence-electron chi connectivity index (χ3n) is 3.35. The lowest BCUT2D eigenvalue weighted by molar-refractivity contribution is -0.253. The molecule has 1 aliphatic rings. The maximum atomic E-state index is 13.2. The molecule has 0 bridgehead atoms. The van der Waals surface area contributed by atoms with Crippen molar-refractivity contribution in [3.05, 3.63) is 29.8 Å². The molecule has 0 radical (unpaired) electrons. The smallest absolute Gasteiger partial charge is 0.449 e. The first-order chi connectivity index (χ1) is 10.1. The summed E-state index contributed by atoms with van der Waals surface area (Å²) in [4.78, 5) is 11.4. The second-order valence-electron chi connectivity index (χ2n) is 5.64. The van der Waals surface area contributed by atoms with E-state index in [-0.39, 0.29) is 24.6 Å². The maximum absolute atomic E-state index is 13.2. The van der Waals surface area contributed by atoms with Gasteiger partial charge < -0.3 is 14.8 Å². The second kappa shape index (κ2) is 6.82. The lowest BCUT2D eigenvalue weighted by atomic mass is 9.80. The molecule has 0 aromatic heterocycles. The molecular formula is C14H16ClF4NO3. The molecule has 1 atom stereocenters. The van der Waals surface area contributed by atoms with Gasteiger partial charge in [0.2, 0.25) is 0 Å². The Morgan fingerprint density at radius 2 is 1.96 bits per heavy atom. The molecule has 1 aromatic carbocycles. The normalized spacial score (nSPS) is 20.3. The fourth-order valence-corrected chi connectivity index (χ4v) is 2.19. The number of hydrogen-bond donors (Lipinski definition) is 1. The number of nitrogens with one attached hydrogen (secondary N) is 1. The number of ether oxygens (including phenoxy) is 2. The number of carbonyl (C=O) groups is 1. The lowest BCUT2D eigenvalue weighted by Gasteiger charge is -2.39. The first kappa shape index (κ1) is 19.3. The molecule has 0 aliphatic carbocycles. The minimum atomic E-state index is -4.62. The first-order valence-electron chi connectivity index (χ1n) is 6.51. The van der Waals surface area contributed by atoms with Gasteiger partial charge in [0.15, 0.2) is 0 Å². The first-order valence-corrected chi connectivity index (χ1v) is 6.51. The topological polar surface area (TPSA) is 47.6 Å². The third-order valence-corrected chi connectivity index (χ3v) is 3.35. The van der Waals surface area contributed by atoms with Gasteiger partial charge in [0.05, 0.1) is 6.04 Å². The van der Waals surface area contributed by atoms with Crippen molar-refractivity contribution < 1.29 is 31.8 Å². The van der Waals surface area contributed by atoms with E-state index >= 15 is 0 Å². The number of cyclic esters (lactones) is 1. The molecule has 2 rings (SSSR count). The van der Waals surface area contributed by atoms with Crippen molar-refractivity contribution in [1.82, 2.24) is 5.32 Å². The molecular weight excluding hydrogens is 342 g/mol. The summed E-state index contributed by atoms with van der Waals surface area (Å²) in [5.41, 5.74) is -0.447. The van der Waals surface area contributed by atoms with Crippen LogP contribution in [0.25, 0.3) is 0 Å². The van der Waals surface area contributed by atoms with E-state index in [1.165, 1.54) is 12.1 Å². The van der Waals surface area contributed by atoms with E-state index in [4.69, 9.17) is 4.74 Å². The molecule has 1 heterocycles. The van der Waals surface area contributed by atoms with Gasteiger partial charge in [0.1, 0.15) is 12.4 Å². The number of carbonyl (C=O) groups excluding carboxylic acids is 1. The van der Waals surface area contributed by atoms with E-state index in [1.807, 2.05) is 0 Å². The molecule has 1 amide bonds. The van der Waals surface area contributed by atoms with Crippen LogP contribution in [0.3, 0.4) is 0 Å². The predicted octanol–water partition coefficient (Wildman–Crippen LogP) is 4.15. The van der Waals surface area contributed by atoms with Gasteiger partial charge in [-0.15, -0.1) is 12.4 Å². The highest BCUT2D eigenvalue weighted by Crippen LogP contribution is 2.41. The Hall–Kier alpha value is -1.70. The van der Waals surface area contributed by atoms with Crippen LogP contribution in [0.4, 0.5) is 22.4 Å². The standard InChI is InChI=1S/C14H15F4NO3.ClH/c1-13(2)7-21-12(20)19-10(13)8-5-3-4-6-9(8)22-14(17,18)11(15)16;/h3-6,10-11H,7H2,1-2H3,(H,19,20);1H/t10-;/m0./s1. The van der Waals surface area contributed by atoms with E-state index < -0.39 is 35.8 Å². The molecule has 23 heavy (non-hydrogen) atoms. The van der Waals surface area contributed by atoms with Crippen LogP contribution in [0.5, 0.6) is 5.75 Å². The minimum Gasteiger partial charge on any atom is -0.449 e. The molecule has 1 N–H and O–H groups in total. The second-order valence-corrected chi connectivity index (χ2v) is 5.64. The van der Waals surface area contributed by atoms with Gasteiger partial charge in [-0.05, 0) is 6.07 Å². The lowest BCUT2D eigenvalue weighted by Crippen LogP contribution is -2.47. The highest BCUT2D eigenvalue weighted by molar-refractivity contribution is 5.85. The van der Waals surface area contributed by atoms with E-state index in [0.29, 0.717) is 0 Å². The molecule has 4 nitrogen and oxygen atoms in total. The highest BCUT2D eigenvalue weighted by Gasteiger charge is 2.46. The number of halogens is 5. The van der Waals surface area contributed by atoms with Crippen molar-refractivity contribution in [2.24, 2.45) is 5.41 Å². The Kier molecular flexibility index (Phi) is 5.74. The van der Waals surface area contributed by atoms with Crippen LogP contribution < -0.4 is 10.1 Å². The average Bonchev–Trinajstić information content (AvgIpc) is 2.42. The fourth-order valence-electron chi connectivity index (χ4n) is 2.19. The Morgan fingerprint density at radius 3 is 2.57 bits per heavy atom. The van der Waals surface area contributed by atoms with Gasteiger partial charge in [-0.1, -0.05) is 32.0 Å². The molecule has 1 aliphatic heterocycles. The molecule has 1 aromatic rings. The minimum absolute atomic E-state index is 0. The maximum Gasteiger partial charge on any atom is 0.461 e.